The zero-order valence-electron chi connectivity index (χ0n) is 11.1. The normalized spacial score (nSPS) is 12.7. The van der Waals surface area contributed by atoms with Crippen LogP contribution in [-0.4, -0.2) is 17.5 Å². The van der Waals surface area contributed by atoms with Gasteiger partial charge in [0, 0.05) is 23.6 Å². The first-order chi connectivity index (χ1) is 10.0. The van der Waals surface area contributed by atoms with E-state index >= 15 is 0 Å². The van der Waals surface area contributed by atoms with E-state index in [0.29, 0.717) is 16.8 Å². The molecular formula is C16H10ClNO3. The average molecular weight is 300 g/mol. The van der Waals surface area contributed by atoms with Gasteiger partial charge >= 0.3 is 0 Å². The van der Waals surface area contributed by atoms with Crippen molar-refractivity contribution >= 4 is 34.8 Å². The van der Waals surface area contributed by atoms with E-state index in [2.05, 4.69) is 5.32 Å². The third kappa shape index (κ3) is 2.04. The number of amides is 1. The van der Waals surface area contributed by atoms with E-state index in [1.165, 1.54) is 19.1 Å². The second kappa shape index (κ2) is 4.82. The first kappa shape index (κ1) is 13.5. The Bertz CT molecular complexity index is 811. The highest BCUT2D eigenvalue weighted by atomic mass is 35.5. The number of nitrogens with one attached hydrogen (secondary N) is 1. The fourth-order valence-electron chi connectivity index (χ4n) is 2.43. The Morgan fingerprint density at radius 1 is 0.952 bits per heavy atom. The number of hydrogen-bond donors (Lipinski definition) is 1. The van der Waals surface area contributed by atoms with E-state index in [-0.39, 0.29) is 33.6 Å². The van der Waals surface area contributed by atoms with Crippen molar-refractivity contribution in [1.82, 2.24) is 0 Å². The van der Waals surface area contributed by atoms with Crippen molar-refractivity contribution in [1.29, 1.82) is 0 Å². The zero-order valence-corrected chi connectivity index (χ0v) is 11.8. The number of anilines is 1. The Balaban J connectivity index is 2.24. The molecule has 1 N–H and O–H groups in total. The molecule has 5 heteroatoms. The van der Waals surface area contributed by atoms with Gasteiger partial charge in [0.05, 0.1) is 16.3 Å². The highest BCUT2D eigenvalue weighted by Gasteiger charge is 2.32. The van der Waals surface area contributed by atoms with Crippen LogP contribution in [-0.2, 0) is 4.79 Å². The van der Waals surface area contributed by atoms with Crippen molar-refractivity contribution in [2.75, 3.05) is 5.32 Å². The molecule has 2 aromatic rings. The van der Waals surface area contributed by atoms with Crippen LogP contribution >= 0.6 is 11.6 Å². The summed E-state index contributed by atoms with van der Waals surface area (Å²) in [7, 11) is 0. The van der Waals surface area contributed by atoms with Crippen LogP contribution in [0.15, 0.2) is 36.4 Å². The number of ketones is 2. The minimum absolute atomic E-state index is 0.0931. The van der Waals surface area contributed by atoms with Crippen LogP contribution in [0.2, 0.25) is 5.02 Å². The standard InChI is InChI=1S/C16H10ClNO3/c1-8(19)18-12-7-6-11-13(14(12)17)16(21)10-5-3-2-4-9(10)15(11)20/h2-7H,1H3,(H,18,19). The van der Waals surface area contributed by atoms with Crippen LogP contribution in [0.3, 0.4) is 0 Å². The molecule has 104 valence electrons. The Morgan fingerprint density at radius 3 is 2.19 bits per heavy atom. The largest absolute Gasteiger partial charge is 0.325 e. The lowest BCUT2D eigenvalue weighted by Crippen LogP contribution is -2.22. The van der Waals surface area contributed by atoms with Crippen LogP contribution in [0.25, 0.3) is 0 Å². The summed E-state index contributed by atoms with van der Waals surface area (Å²) in [6.07, 6.45) is 0. The molecule has 4 nitrogen and oxygen atoms in total. The Kier molecular flexibility index (Phi) is 3.11. The number of rotatable bonds is 1. The molecule has 2 aromatic carbocycles. The predicted molar refractivity (Wildman–Crippen MR) is 79.1 cm³/mol. The number of fused-ring (bicyclic) bond motifs is 2. The van der Waals surface area contributed by atoms with Gasteiger partial charge in [-0.3, -0.25) is 14.4 Å². The maximum atomic E-state index is 12.6. The summed E-state index contributed by atoms with van der Waals surface area (Å²) < 4.78 is 0. The molecule has 0 bridgehead atoms. The molecule has 0 fully saturated rings. The van der Waals surface area contributed by atoms with Crippen molar-refractivity contribution in [3.8, 4) is 0 Å². The van der Waals surface area contributed by atoms with E-state index < -0.39 is 0 Å². The molecule has 0 radical (unpaired) electrons. The molecule has 0 aromatic heterocycles. The molecule has 0 spiro atoms. The number of benzene rings is 2. The summed E-state index contributed by atoms with van der Waals surface area (Å²) in [6, 6.07) is 9.67. The van der Waals surface area contributed by atoms with E-state index in [1.54, 1.807) is 24.3 Å². The summed E-state index contributed by atoms with van der Waals surface area (Å²) in [5.41, 5.74) is 1.43. The molecule has 0 aliphatic heterocycles. The van der Waals surface area contributed by atoms with Gasteiger partial charge in [0.1, 0.15) is 0 Å². The molecule has 1 aliphatic rings. The van der Waals surface area contributed by atoms with Crippen LogP contribution in [0.1, 0.15) is 38.8 Å². The van der Waals surface area contributed by atoms with Gasteiger partial charge in [0.25, 0.3) is 0 Å². The summed E-state index contributed by atoms with van der Waals surface area (Å²) in [5.74, 6) is -0.847. The third-order valence-corrected chi connectivity index (χ3v) is 3.73. The average Bonchev–Trinajstić information content (AvgIpc) is 2.46. The molecule has 1 aliphatic carbocycles. The molecule has 0 unspecified atom stereocenters. The van der Waals surface area contributed by atoms with E-state index in [4.69, 9.17) is 11.6 Å². The molecule has 0 atom stereocenters. The molecule has 0 heterocycles. The Morgan fingerprint density at radius 2 is 1.57 bits per heavy atom. The highest BCUT2D eigenvalue weighted by Crippen LogP contribution is 2.35. The minimum atomic E-state index is -0.308. The van der Waals surface area contributed by atoms with Gasteiger partial charge in [-0.05, 0) is 12.1 Å². The molecule has 0 saturated carbocycles. The Labute approximate surface area is 125 Å². The van der Waals surface area contributed by atoms with Crippen molar-refractivity contribution in [3.05, 3.63) is 63.7 Å². The van der Waals surface area contributed by atoms with Crippen LogP contribution in [0.5, 0.6) is 0 Å². The topological polar surface area (TPSA) is 63.2 Å². The van der Waals surface area contributed by atoms with Gasteiger partial charge in [-0.1, -0.05) is 35.9 Å². The lowest BCUT2D eigenvalue weighted by molar-refractivity contribution is -0.114. The van der Waals surface area contributed by atoms with E-state index in [9.17, 15) is 14.4 Å². The summed E-state index contributed by atoms with van der Waals surface area (Å²) in [4.78, 5) is 36.2. The first-order valence-electron chi connectivity index (χ1n) is 6.29. The smallest absolute Gasteiger partial charge is 0.221 e. The van der Waals surface area contributed by atoms with E-state index in [1.807, 2.05) is 0 Å². The van der Waals surface area contributed by atoms with Crippen LogP contribution in [0.4, 0.5) is 5.69 Å². The minimum Gasteiger partial charge on any atom is -0.325 e. The van der Waals surface area contributed by atoms with Crippen molar-refractivity contribution in [2.45, 2.75) is 6.92 Å². The molecule has 3 rings (SSSR count). The maximum Gasteiger partial charge on any atom is 0.221 e. The summed E-state index contributed by atoms with van der Waals surface area (Å²) in [5, 5.41) is 2.64. The van der Waals surface area contributed by atoms with Crippen molar-refractivity contribution in [2.24, 2.45) is 0 Å². The fraction of sp³-hybridized carbons (Fsp3) is 0.0625. The second-order valence-corrected chi connectivity index (χ2v) is 5.11. The monoisotopic (exact) mass is 299 g/mol. The lowest BCUT2D eigenvalue weighted by Gasteiger charge is -2.19. The van der Waals surface area contributed by atoms with Gasteiger partial charge < -0.3 is 5.32 Å². The number of carbonyl (C=O) groups is 3. The van der Waals surface area contributed by atoms with Crippen molar-refractivity contribution in [3.63, 3.8) is 0 Å². The number of carbonyl (C=O) groups excluding carboxylic acids is 3. The predicted octanol–water partition coefficient (Wildman–Crippen LogP) is 3.07. The third-order valence-electron chi connectivity index (χ3n) is 3.34. The maximum absolute atomic E-state index is 12.6. The van der Waals surface area contributed by atoms with Gasteiger partial charge in [-0.15, -0.1) is 0 Å². The first-order valence-corrected chi connectivity index (χ1v) is 6.67. The van der Waals surface area contributed by atoms with Crippen LogP contribution < -0.4 is 5.32 Å². The molecule has 1 amide bonds. The summed E-state index contributed by atoms with van der Waals surface area (Å²) in [6.45, 7) is 1.35. The Hall–Kier alpha value is -2.46. The quantitative estimate of drug-likeness (QED) is 0.751. The second-order valence-electron chi connectivity index (χ2n) is 4.73. The SMILES string of the molecule is CC(=O)Nc1ccc2c(c1Cl)C(=O)c1ccccc1C2=O. The van der Waals surface area contributed by atoms with Gasteiger partial charge in [-0.25, -0.2) is 0 Å². The number of hydrogen-bond acceptors (Lipinski definition) is 3. The van der Waals surface area contributed by atoms with E-state index in [0.717, 1.165) is 0 Å². The van der Waals surface area contributed by atoms with Gasteiger partial charge in [0.2, 0.25) is 5.91 Å². The van der Waals surface area contributed by atoms with Crippen LogP contribution in [0, 0.1) is 0 Å². The molecular weight excluding hydrogens is 290 g/mol. The molecule has 0 saturated heterocycles. The molecule has 21 heavy (non-hydrogen) atoms. The van der Waals surface area contributed by atoms with Gasteiger partial charge in [-0.2, -0.15) is 0 Å². The zero-order chi connectivity index (χ0) is 15.1. The van der Waals surface area contributed by atoms with Gasteiger partial charge in [0.15, 0.2) is 11.6 Å². The fourth-order valence-corrected chi connectivity index (χ4v) is 2.73. The highest BCUT2D eigenvalue weighted by molar-refractivity contribution is 6.41. The van der Waals surface area contributed by atoms with Crippen molar-refractivity contribution < 1.29 is 14.4 Å². The lowest BCUT2D eigenvalue weighted by atomic mass is 9.84. The summed E-state index contributed by atoms with van der Waals surface area (Å²) >= 11 is 6.21. The number of halogens is 1.